The van der Waals surface area contributed by atoms with Gasteiger partial charge in [-0.15, -0.1) is 0 Å². The van der Waals surface area contributed by atoms with Crippen LogP contribution in [0.2, 0.25) is 15.1 Å². The molecule has 0 radical (unpaired) electrons. The summed E-state index contributed by atoms with van der Waals surface area (Å²) in [4.78, 5) is 29.1. The van der Waals surface area contributed by atoms with Gasteiger partial charge in [-0.3, -0.25) is 13.9 Å². The molecule has 0 spiro atoms. The van der Waals surface area contributed by atoms with Crippen molar-refractivity contribution in [1.29, 1.82) is 0 Å². The van der Waals surface area contributed by atoms with Crippen molar-refractivity contribution in [3.63, 3.8) is 0 Å². The van der Waals surface area contributed by atoms with Gasteiger partial charge < -0.3 is 10.2 Å². The number of hydrogen-bond acceptors (Lipinski definition) is 4. The first-order valence-electron chi connectivity index (χ1n) is 13.7. The maximum absolute atomic E-state index is 13.9. The highest BCUT2D eigenvalue weighted by molar-refractivity contribution is 7.92. The van der Waals surface area contributed by atoms with Crippen molar-refractivity contribution in [2.75, 3.05) is 17.1 Å². The van der Waals surface area contributed by atoms with Crippen LogP contribution in [0.15, 0.2) is 72.8 Å². The predicted octanol–water partition coefficient (Wildman–Crippen LogP) is 6.75. The number of carbonyl (C=O) groups is 2. The van der Waals surface area contributed by atoms with Crippen LogP contribution in [0.25, 0.3) is 0 Å². The van der Waals surface area contributed by atoms with Crippen LogP contribution in [0.5, 0.6) is 0 Å². The van der Waals surface area contributed by atoms with Crippen molar-refractivity contribution in [3.05, 3.63) is 99.0 Å². The summed E-state index contributed by atoms with van der Waals surface area (Å²) in [7, 11) is -3.62. The number of rotatable bonds is 14. The molecule has 42 heavy (non-hydrogen) atoms. The van der Waals surface area contributed by atoms with Crippen molar-refractivity contribution in [2.45, 2.75) is 58.2 Å². The van der Waals surface area contributed by atoms with Crippen molar-refractivity contribution in [1.82, 2.24) is 10.2 Å². The van der Waals surface area contributed by atoms with Gasteiger partial charge in [0.2, 0.25) is 21.8 Å². The van der Waals surface area contributed by atoms with Gasteiger partial charge in [0.25, 0.3) is 0 Å². The number of benzene rings is 3. The average Bonchev–Trinajstić information content (AvgIpc) is 2.95. The van der Waals surface area contributed by atoms with E-state index in [0.29, 0.717) is 32.7 Å². The summed E-state index contributed by atoms with van der Waals surface area (Å²) in [5.74, 6) is -0.550. The van der Waals surface area contributed by atoms with Gasteiger partial charge in [-0.1, -0.05) is 78.1 Å². The highest BCUT2D eigenvalue weighted by Crippen LogP contribution is 2.25. The normalized spacial score (nSPS) is 12.8. The molecule has 226 valence electrons. The van der Waals surface area contributed by atoms with Crippen molar-refractivity contribution in [2.24, 2.45) is 0 Å². The fourth-order valence-electron chi connectivity index (χ4n) is 4.44. The van der Waals surface area contributed by atoms with E-state index in [1.165, 1.54) is 4.31 Å². The van der Waals surface area contributed by atoms with Crippen LogP contribution >= 0.6 is 34.8 Å². The lowest BCUT2D eigenvalue weighted by Crippen LogP contribution is -2.52. The Balaban J connectivity index is 1.91. The smallest absolute Gasteiger partial charge is 0.243 e. The molecule has 2 amide bonds. The van der Waals surface area contributed by atoms with E-state index in [-0.39, 0.29) is 43.8 Å². The zero-order valence-electron chi connectivity index (χ0n) is 23.9. The first kappa shape index (κ1) is 33.7. The van der Waals surface area contributed by atoms with E-state index >= 15 is 0 Å². The Kier molecular flexibility index (Phi) is 12.5. The molecule has 1 N–H and O–H groups in total. The summed E-state index contributed by atoms with van der Waals surface area (Å²) < 4.78 is 26.4. The summed E-state index contributed by atoms with van der Waals surface area (Å²) in [6, 6.07) is 20.2. The highest BCUT2D eigenvalue weighted by atomic mass is 35.5. The SMILES string of the molecule is CCC(C)NC(=O)C(Cc1ccccc1)N(Cc1ccc(Cl)c(Cl)c1)C(=O)CCCN(c1ccc(Cl)cc1)S(C)(=O)=O. The fraction of sp³-hybridized carbons (Fsp3) is 0.355. The second-order valence-corrected chi connectivity index (χ2v) is 13.4. The first-order chi connectivity index (χ1) is 19.9. The summed E-state index contributed by atoms with van der Waals surface area (Å²) in [5, 5.41) is 4.25. The quantitative estimate of drug-likeness (QED) is 0.209. The van der Waals surface area contributed by atoms with E-state index in [1.54, 1.807) is 47.4 Å². The van der Waals surface area contributed by atoms with E-state index in [4.69, 9.17) is 34.8 Å². The molecule has 11 heteroatoms. The summed E-state index contributed by atoms with van der Waals surface area (Å²) in [5.41, 5.74) is 2.07. The molecule has 3 aromatic carbocycles. The molecule has 0 saturated heterocycles. The van der Waals surface area contributed by atoms with Crippen LogP contribution in [-0.4, -0.2) is 50.0 Å². The van der Waals surface area contributed by atoms with Crippen LogP contribution in [0.3, 0.4) is 0 Å². The number of sulfonamides is 1. The molecule has 0 fully saturated rings. The standard InChI is InChI=1S/C31H36Cl3N3O4S/c1-4-22(2)35-31(39)29(20-23-9-6-5-7-10-23)36(21-24-12-17-27(33)28(34)19-24)30(38)11-8-18-37(42(3,40)41)26-15-13-25(32)14-16-26/h5-7,9-10,12-17,19,22,29H,4,8,11,18,20-21H2,1-3H3,(H,35,39). The predicted molar refractivity (Wildman–Crippen MR) is 172 cm³/mol. The molecule has 7 nitrogen and oxygen atoms in total. The number of carbonyl (C=O) groups excluding carboxylic acids is 2. The number of nitrogens with zero attached hydrogens (tertiary/aromatic N) is 2. The summed E-state index contributed by atoms with van der Waals surface area (Å²) in [6.07, 6.45) is 2.41. The Morgan fingerprint density at radius 1 is 0.905 bits per heavy atom. The molecule has 0 aliphatic rings. The maximum atomic E-state index is 13.9. The minimum atomic E-state index is -3.62. The van der Waals surface area contributed by atoms with E-state index in [1.807, 2.05) is 44.2 Å². The average molecular weight is 653 g/mol. The largest absolute Gasteiger partial charge is 0.352 e. The third-order valence-electron chi connectivity index (χ3n) is 6.88. The Morgan fingerprint density at radius 2 is 1.57 bits per heavy atom. The Morgan fingerprint density at radius 3 is 2.17 bits per heavy atom. The molecular formula is C31H36Cl3N3O4S. The number of halogens is 3. The van der Waals surface area contributed by atoms with Crippen LogP contribution < -0.4 is 9.62 Å². The fourth-order valence-corrected chi connectivity index (χ4v) is 5.85. The number of anilines is 1. The van der Waals surface area contributed by atoms with Crippen molar-refractivity contribution < 1.29 is 18.0 Å². The minimum absolute atomic E-state index is 0.0167. The second kappa shape index (κ2) is 15.6. The third-order valence-corrected chi connectivity index (χ3v) is 9.06. The van der Waals surface area contributed by atoms with Gasteiger partial charge >= 0.3 is 0 Å². The lowest BCUT2D eigenvalue weighted by atomic mass is 10.0. The second-order valence-electron chi connectivity index (χ2n) is 10.2. The zero-order chi connectivity index (χ0) is 30.9. The highest BCUT2D eigenvalue weighted by Gasteiger charge is 2.31. The van der Waals surface area contributed by atoms with Gasteiger partial charge in [0.15, 0.2) is 0 Å². The lowest BCUT2D eigenvalue weighted by molar-refractivity contribution is -0.141. The molecule has 0 aromatic heterocycles. The zero-order valence-corrected chi connectivity index (χ0v) is 27.0. The van der Waals surface area contributed by atoms with E-state index < -0.39 is 16.1 Å². The van der Waals surface area contributed by atoms with Gasteiger partial charge in [-0.2, -0.15) is 0 Å². The third kappa shape index (κ3) is 9.90. The van der Waals surface area contributed by atoms with Crippen molar-refractivity contribution in [3.8, 4) is 0 Å². The molecule has 3 aromatic rings. The Bertz CT molecular complexity index is 1450. The van der Waals surface area contributed by atoms with Gasteiger partial charge in [-0.05, 0) is 67.3 Å². The van der Waals surface area contributed by atoms with Crippen LogP contribution in [0, 0.1) is 0 Å². The van der Waals surface area contributed by atoms with E-state index in [0.717, 1.165) is 18.2 Å². The molecule has 0 bridgehead atoms. The molecule has 0 aliphatic carbocycles. The summed E-state index contributed by atoms with van der Waals surface area (Å²) in [6.45, 7) is 4.09. The lowest BCUT2D eigenvalue weighted by Gasteiger charge is -2.33. The van der Waals surface area contributed by atoms with Gasteiger partial charge in [-0.25, -0.2) is 8.42 Å². The molecule has 0 saturated carbocycles. The van der Waals surface area contributed by atoms with E-state index in [9.17, 15) is 18.0 Å². The molecule has 0 aliphatic heterocycles. The molecular weight excluding hydrogens is 617 g/mol. The van der Waals surface area contributed by atoms with Gasteiger partial charge in [0.05, 0.1) is 22.0 Å². The Hall–Kier alpha value is -2.78. The number of nitrogens with one attached hydrogen (secondary N) is 1. The topological polar surface area (TPSA) is 86.8 Å². The molecule has 2 unspecified atom stereocenters. The van der Waals surface area contributed by atoms with Crippen LogP contribution in [0.1, 0.15) is 44.2 Å². The monoisotopic (exact) mass is 651 g/mol. The maximum Gasteiger partial charge on any atom is 0.243 e. The number of amides is 2. The first-order valence-corrected chi connectivity index (χ1v) is 16.7. The van der Waals surface area contributed by atoms with Gasteiger partial charge in [0, 0.05) is 37.0 Å². The molecule has 3 rings (SSSR count). The number of hydrogen-bond donors (Lipinski definition) is 1. The van der Waals surface area contributed by atoms with Crippen molar-refractivity contribution >= 4 is 62.3 Å². The molecule has 2 atom stereocenters. The van der Waals surface area contributed by atoms with E-state index in [2.05, 4.69) is 5.32 Å². The minimum Gasteiger partial charge on any atom is -0.352 e. The Labute approximate surface area is 263 Å². The van der Waals surface area contributed by atoms with Crippen LogP contribution in [-0.2, 0) is 32.6 Å². The molecule has 0 heterocycles. The van der Waals surface area contributed by atoms with Gasteiger partial charge in [0.1, 0.15) is 6.04 Å². The van der Waals surface area contributed by atoms with Crippen LogP contribution in [0.4, 0.5) is 5.69 Å². The summed E-state index contributed by atoms with van der Waals surface area (Å²) >= 11 is 18.4.